The molecule has 0 spiro atoms. The predicted octanol–water partition coefficient (Wildman–Crippen LogP) is 6.04. The van der Waals surface area contributed by atoms with Crippen molar-refractivity contribution in [1.29, 1.82) is 0 Å². The molecule has 4 rings (SSSR count). The van der Waals surface area contributed by atoms with Crippen molar-refractivity contribution in [1.82, 2.24) is 4.57 Å². The molecule has 0 unspecified atom stereocenters. The number of hydrogen-bond donors (Lipinski definition) is 1. The van der Waals surface area contributed by atoms with Crippen LogP contribution in [0.25, 0.3) is 29.1 Å². The lowest BCUT2D eigenvalue weighted by Crippen LogP contribution is -2.09. The minimum atomic E-state index is -0.236. The van der Waals surface area contributed by atoms with Gasteiger partial charge in [-0.2, -0.15) is 0 Å². The highest BCUT2D eigenvalue weighted by Gasteiger charge is 2.12. The van der Waals surface area contributed by atoms with E-state index in [0.717, 1.165) is 27.6 Å². The lowest BCUT2D eigenvalue weighted by atomic mass is 10.1. The first-order chi connectivity index (χ1) is 18.0. The third-order valence-electron chi connectivity index (χ3n) is 6.00. The fourth-order valence-electron chi connectivity index (χ4n) is 4.15. The maximum Gasteiger partial charge on any atom is 0.248 e. The average Bonchev–Trinajstić information content (AvgIpc) is 3.25. The fourth-order valence-corrected chi connectivity index (χ4v) is 4.15. The Kier molecular flexibility index (Phi) is 7.83. The number of methoxy groups -OCH3 is 4. The molecule has 0 aliphatic heterocycles. The Labute approximate surface area is 216 Å². The van der Waals surface area contributed by atoms with Gasteiger partial charge in [0.2, 0.25) is 11.7 Å². The largest absolute Gasteiger partial charge is 0.497 e. The van der Waals surface area contributed by atoms with E-state index in [1.165, 1.54) is 0 Å². The molecule has 0 aliphatic carbocycles. The molecule has 1 heterocycles. The number of aryl methyl sites for hydroxylation is 1. The fraction of sp³-hybridized carbons (Fsp3) is 0.167. The van der Waals surface area contributed by atoms with E-state index in [-0.39, 0.29) is 5.91 Å². The molecule has 7 heteroatoms. The van der Waals surface area contributed by atoms with Crippen molar-refractivity contribution in [2.75, 3.05) is 33.8 Å². The molecule has 3 aromatic carbocycles. The van der Waals surface area contributed by atoms with Gasteiger partial charge in [-0.05, 0) is 48.0 Å². The summed E-state index contributed by atoms with van der Waals surface area (Å²) < 4.78 is 23.7. The van der Waals surface area contributed by atoms with Crippen LogP contribution in [-0.2, 0) is 11.8 Å². The third kappa shape index (κ3) is 5.62. The van der Waals surface area contributed by atoms with Crippen LogP contribution in [0.5, 0.6) is 23.0 Å². The Bertz CT molecular complexity index is 1460. The van der Waals surface area contributed by atoms with Gasteiger partial charge in [0.25, 0.3) is 0 Å². The van der Waals surface area contributed by atoms with Gasteiger partial charge in [-0.15, -0.1) is 0 Å². The van der Waals surface area contributed by atoms with E-state index in [4.69, 9.17) is 18.9 Å². The summed E-state index contributed by atoms with van der Waals surface area (Å²) in [4.78, 5) is 12.8. The number of nitrogens with zero attached hydrogens (tertiary/aromatic N) is 1. The zero-order valence-corrected chi connectivity index (χ0v) is 21.6. The van der Waals surface area contributed by atoms with Crippen molar-refractivity contribution in [3.8, 4) is 23.0 Å². The van der Waals surface area contributed by atoms with Gasteiger partial charge in [0.15, 0.2) is 11.5 Å². The van der Waals surface area contributed by atoms with Crippen molar-refractivity contribution in [3.63, 3.8) is 0 Å². The number of amides is 1. The van der Waals surface area contributed by atoms with Crippen molar-refractivity contribution < 1.29 is 23.7 Å². The van der Waals surface area contributed by atoms with E-state index < -0.39 is 0 Å². The summed E-state index contributed by atoms with van der Waals surface area (Å²) in [5.74, 6) is 2.07. The van der Waals surface area contributed by atoms with E-state index in [1.54, 1.807) is 40.6 Å². The number of anilines is 1. The number of para-hydroxylation sites is 1. The zero-order valence-electron chi connectivity index (χ0n) is 21.6. The quantitative estimate of drug-likeness (QED) is 0.225. The van der Waals surface area contributed by atoms with Gasteiger partial charge in [-0.25, -0.2) is 0 Å². The molecule has 0 bridgehead atoms. The molecule has 1 N–H and O–H groups in total. The van der Waals surface area contributed by atoms with Gasteiger partial charge in [0.05, 0.1) is 28.4 Å². The molecule has 0 radical (unpaired) electrons. The van der Waals surface area contributed by atoms with Crippen LogP contribution in [0.15, 0.2) is 66.9 Å². The summed E-state index contributed by atoms with van der Waals surface area (Å²) in [5.41, 5.74) is 4.35. The minimum Gasteiger partial charge on any atom is -0.497 e. The van der Waals surface area contributed by atoms with Crippen molar-refractivity contribution in [3.05, 3.63) is 83.6 Å². The minimum absolute atomic E-state index is 0.236. The maximum atomic E-state index is 12.8. The van der Waals surface area contributed by atoms with E-state index in [0.29, 0.717) is 28.7 Å². The monoisotopic (exact) mass is 498 g/mol. The summed E-state index contributed by atoms with van der Waals surface area (Å²) in [6.07, 6.45) is 9.17. The number of carbonyl (C=O) groups excluding carboxylic acids is 1. The van der Waals surface area contributed by atoms with Crippen LogP contribution in [0.1, 0.15) is 16.7 Å². The summed E-state index contributed by atoms with van der Waals surface area (Å²) in [6, 6.07) is 17.3. The van der Waals surface area contributed by atoms with E-state index in [9.17, 15) is 4.79 Å². The lowest BCUT2D eigenvalue weighted by Gasteiger charge is -2.13. The molecule has 0 saturated carbocycles. The number of hydrogen-bond acceptors (Lipinski definition) is 5. The Balaban J connectivity index is 1.60. The molecule has 7 nitrogen and oxygen atoms in total. The second-order valence-electron chi connectivity index (χ2n) is 8.28. The highest BCUT2D eigenvalue weighted by molar-refractivity contribution is 6.04. The zero-order chi connectivity index (χ0) is 26.4. The van der Waals surface area contributed by atoms with Crippen LogP contribution >= 0.6 is 0 Å². The number of fused-ring (bicyclic) bond motifs is 1. The van der Waals surface area contributed by atoms with Gasteiger partial charge in [0.1, 0.15) is 5.75 Å². The normalized spacial score (nSPS) is 11.3. The Hall–Kier alpha value is -4.65. The Morgan fingerprint density at radius 3 is 2.22 bits per heavy atom. The van der Waals surface area contributed by atoms with E-state index in [2.05, 4.69) is 11.4 Å². The van der Waals surface area contributed by atoms with Crippen molar-refractivity contribution in [2.24, 2.45) is 7.05 Å². The number of ether oxygens (including phenoxy) is 4. The molecule has 0 aliphatic rings. The van der Waals surface area contributed by atoms with Crippen LogP contribution in [-0.4, -0.2) is 38.9 Å². The first kappa shape index (κ1) is 25.4. The van der Waals surface area contributed by atoms with E-state index >= 15 is 0 Å². The number of aromatic nitrogens is 1. The second kappa shape index (κ2) is 11.4. The average molecular weight is 499 g/mol. The summed E-state index contributed by atoms with van der Waals surface area (Å²) in [6.45, 7) is 0. The molecular formula is C30H30N2O5. The molecule has 190 valence electrons. The first-order valence-corrected chi connectivity index (χ1v) is 11.7. The van der Waals surface area contributed by atoms with Crippen LogP contribution in [0, 0.1) is 0 Å². The first-order valence-electron chi connectivity index (χ1n) is 11.7. The molecule has 37 heavy (non-hydrogen) atoms. The SMILES string of the molecule is COc1ccc(NC(=O)/C=C/c2cn(C)c3ccccc23)c(C=Cc2cc(OC)c(OC)c(OC)c2)c1. The standard InChI is InChI=1S/C30H30N2O5/c1-32-19-22(24-8-6-7-9-26(24)32)12-15-29(33)31-25-14-13-23(34-2)18-21(25)11-10-20-16-27(35-3)30(37-5)28(17-20)36-4/h6-19H,1-5H3,(H,31,33)/b11-10?,15-12+. The van der Waals surface area contributed by atoms with Crippen LogP contribution in [0.4, 0.5) is 5.69 Å². The van der Waals surface area contributed by atoms with Crippen molar-refractivity contribution >= 4 is 40.7 Å². The molecule has 1 amide bonds. The number of rotatable bonds is 9. The summed E-state index contributed by atoms with van der Waals surface area (Å²) in [7, 11) is 8.31. The van der Waals surface area contributed by atoms with Crippen LogP contribution in [0.2, 0.25) is 0 Å². The summed E-state index contributed by atoms with van der Waals surface area (Å²) >= 11 is 0. The van der Waals surface area contributed by atoms with Gasteiger partial charge < -0.3 is 28.8 Å². The Morgan fingerprint density at radius 1 is 0.811 bits per heavy atom. The van der Waals surface area contributed by atoms with Crippen LogP contribution in [0.3, 0.4) is 0 Å². The van der Waals surface area contributed by atoms with Crippen LogP contribution < -0.4 is 24.3 Å². The van der Waals surface area contributed by atoms with E-state index in [1.807, 2.05) is 78.5 Å². The van der Waals surface area contributed by atoms with Gasteiger partial charge >= 0.3 is 0 Å². The molecule has 4 aromatic rings. The smallest absolute Gasteiger partial charge is 0.248 e. The number of carbonyl (C=O) groups is 1. The lowest BCUT2D eigenvalue weighted by molar-refractivity contribution is -0.111. The number of benzene rings is 3. The Morgan fingerprint density at radius 2 is 1.54 bits per heavy atom. The van der Waals surface area contributed by atoms with Gasteiger partial charge in [0, 0.05) is 47.0 Å². The number of nitrogens with one attached hydrogen (secondary N) is 1. The topological polar surface area (TPSA) is 71.0 Å². The van der Waals surface area contributed by atoms with Crippen molar-refractivity contribution in [2.45, 2.75) is 0 Å². The highest BCUT2D eigenvalue weighted by atomic mass is 16.5. The highest BCUT2D eigenvalue weighted by Crippen LogP contribution is 2.38. The molecular weight excluding hydrogens is 468 g/mol. The molecule has 1 aromatic heterocycles. The van der Waals surface area contributed by atoms with Gasteiger partial charge in [-0.1, -0.05) is 30.4 Å². The third-order valence-corrected chi connectivity index (χ3v) is 6.00. The van der Waals surface area contributed by atoms with Gasteiger partial charge in [-0.3, -0.25) is 4.79 Å². The maximum absolute atomic E-state index is 12.8. The molecule has 0 atom stereocenters. The summed E-state index contributed by atoms with van der Waals surface area (Å²) in [5, 5.41) is 4.07. The second-order valence-corrected chi connectivity index (χ2v) is 8.28. The molecule has 0 saturated heterocycles. The molecule has 0 fully saturated rings. The predicted molar refractivity (Wildman–Crippen MR) is 149 cm³/mol.